The normalized spacial score (nSPS) is 10.6. The molecule has 5 heteroatoms. The largest absolute Gasteiger partial charge is 0.379 e. The molecule has 0 unspecified atom stereocenters. The smallest absolute Gasteiger partial charge is 0.250 e. The van der Waals surface area contributed by atoms with Crippen molar-refractivity contribution in [2.45, 2.75) is 33.9 Å². The van der Waals surface area contributed by atoms with E-state index in [0.717, 1.165) is 22.9 Å². The van der Waals surface area contributed by atoms with E-state index in [1.165, 1.54) is 4.88 Å². The first-order valence-electron chi connectivity index (χ1n) is 5.97. The Bertz CT molecular complexity index is 601. The first-order valence-corrected chi connectivity index (χ1v) is 6.79. The molecule has 0 aliphatic rings. The molecular weight excluding hydrogens is 246 g/mol. The summed E-state index contributed by atoms with van der Waals surface area (Å²) in [5.41, 5.74) is 2.07. The van der Waals surface area contributed by atoms with Crippen molar-refractivity contribution in [2.24, 2.45) is 0 Å². The molecule has 0 fully saturated rings. The van der Waals surface area contributed by atoms with Crippen LogP contribution >= 0.6 is 11.3 Å². The van der Waals surface area contributed by atoms with Gasteiger partial charge in [-0.3, -0.25) is 4.79 Å². The number of nitrogens with one attached hydrogen (secondary N) is 1. The average Bonchev–Trinajstić information content (AvgIpc) is 2.67. The summed E-state index contributed by atoms with van der Waals surface area (Å²) in [6.45, 7) is 7.43. The van der Waals surface area contributed by atoms with Crippen molar-refractivity contribution >= 4 is 17.0 Å². The van der Waals surface area contributed by atoms with Gasteiger partial charge in [-0.1, -0.05) is 0 Å². The van der Waals surface area contributed by atoms with Gasteiger partial charge in [-0.15, -0.1) is 11.3 Å². The lowest BCUT2D eigenvalue weighted by Crippen LogP contribution is -2.17. The third-order valence-corrected chi connectivity index (χ3v) is 3.85. The predicted molar refractivity (Wildman–Crippen MR) is 75.3 cm³/mol. The predicted octanol–water partition coefficient (Wildman–Crippen LogP) is 2.55. The maximum atomic E-state index is 11.5. The van der Waals surface area contributed by atoms with Gasteiger partial charge in [0.1, 0.15) is 0 Å². The zero-order valence-corrected chi connectivity index (χ0v) is 11.7. The molecule has 96 valence electrons. The van der Waals surface area contributed by atoms with E-state index in [4.69, 9.17) is 0 Å². The van der Waals surface area contributed by atoms with Crippen LogP contribution in [-0.2, 0) is 13.1 Å². The third-order valence-electron chi connectivity index (χ3n) is 2.78. The van der Waals surface area contributed by atoms with E-state index in [-0.39, 0.29) is 5.56 Å². The van der Waals surface area contributed by atoms with Crippen molar-refractivity contribution in [2.75, 3.05) is 5.32 Å². The number of aryl methyl sites for hydroxylation is 3. The highest BCUT2D eigenvalue weighted by molar-refractivity contribution is 7.11. The lowest BCUT2D eigenvalue weighted by molar-refractivity contribution is 0.728. The molecule has 0 aromatic carbocycles. The van der Waals surface area contributed by atoms with Gasteiger partial charge in [0.05, 0.1) is 22.9 Å². The number of thiazole rings is 1. The fourth-order valence-corrected chi connectivity index (χ4v) is 2.68. The second kappa shape index (κ2) is 5.35. The molecule has 2 aromatic heterocycles. The Kier molecular flexibility index (Phi) is 3.81. The number of hydrogen-bond donors (Lipinski definition) is 1. The van der Waals surface area contributed by atoms with E-state index >= 15 is 0 Å². The monoisotopic (exact) mass is 263 g/mol. The Labute approximate surface area is 110 Å². The topological polar surface area (TPSA) is 46.9 Å². The molecule has 2 aromatic rings. The maximum Gasteiger partial charge on any atom is 0.250 e. The van der Waals surface area contributed by atoms with E-state index in [9.17, 15) is 4.79 Å². The van der Waals surface area contributed by atoms with E-state index in [1.807, 2.05) is 33.0 Å². The van der Waals surface area contributed by atoms with Gasteiger partial charge in [-0.05, 0) is 26.8 Å². The summed E-state index contributed by atoms with van der Waals surface area (Å²) in [5.74, 6) is 0. The second-order valence-electron chi connectivity index (χ2n) is 4.14. The SMILES string of the molecule is CCn1cc(NCc2sc(C)nc2C)ccc1=O. The highest BCUT2D eigenvalue weighted by atomic mass is 32.1. The summed E-state index contributed by atoms with van der Waals surface area (Å²) in [7, 11) is 0. The average molecular weight is 263 g/mol. The van der Waals surface area contributed by atoms with Crippen LogP contribution in [0, 0.1) is 13.8 Å². The van der Waals surface area contributed by atoms with Crippen LogP contribution in [0.25, 0.3) is 0 Å². The zero-order chi connectivity index (χ0) is 13.1. The molecule has 0 atom stereocenters. The molecule has 0 radical (unpaired) electrons. The molecule has 0 saturated heterocycles. The van der Waals surface area contributed by atoms with Gasteiger partial charge in [0.2, 0.25) is 0 Å². The molecule has 0 amide bonds. The van der Waals surface area contributed by atoms with E-state index in [0.29, 0.717) is 6.54 Å². The van der Waals surface area contributed by atoms with E-state index < -0.39 is 0 Å². The van der Waals surface area contributed by atoms with Crippen molar-refractivity contribution in [3.05, 3.63) is 44.3 Å². The van der Waals surface area contributed by atoms with Crippen molar-refractivity contribution < 1.29 is 0 Å². The summed E-state index contributed by atoms with van der Waals surface area (Å²) in [4.78, 5) is 17.1. The Morgan fingerprint density at radius 3 is 2.78 bits per heavy atom. The van der Waals surface area contributed by atoms with Crippen molar-refractivity contribution in [1.29, 1.82) is 0 Å². The van der Waals surface area contributed by atoms with Crippen LogP contribution in [0.3, 0.4) is 0 Å². The molecule has 0 aliphatic heterocycles. The quantitative estimate of drug-likeness (QED) is 0.922. The summed E-state index contributed by atoms with van der Waals surface area (Å²) in [6, 6.07) is 3.41. The molecule has 18 heavy (non-hydrogen) atoms. The summed E-state index contributed by atoms with van der Waals surface area (Å²) in [6.07, 6.45) is 1.85. The molecule has 4 nitrogen and oxygen atoms in total. The summed E-state index contributed by atoms with van der Waals surface area (Å²) in [5, 5.41) is 4.41. The lowest BCUT2D eigenvalue weighted by Gasteiger charge is -2.08. The number of pyridine rings is 1. The highest BCUT2D eigenvalue weighted by Crippen LogP contribution is 2.18. The molecule has 0 bridgehead atoms. The standard InChI is InChI=1S/C13H17N3OS/c1-4-16-8-11(5-6-13(16)17)14-7-12-9(2)15-10(3)18-12/h5-6,8,14H,4,7H2,1-3H3. The van der Waals surface area contributed by atoms with Crippen LogP contribution in [0.2, 0.25) is 0 Å². The molecule has 0 spiro atoms. The minimum Gasteiger partial charge on any atom is -0.379 e. The first-order chi connectivity index (χ1) is 8.60. The fraction of sp³-hybridized carbons (Fsp3) is 0.385. The minimum atomic E-state index is 0.0351. The van der Waals surface area contributed by atoms with Crippen LogP contribution in [0.15, 0.2) is 23.1 Å². The molecule has 0 aliphatic carbocycles. The fourth-order valence-electron chi connectivity index (χ4n) is 1.80. The number of aromatic nitrogens is 2. The summed E-state index contributed by atoms with van der Waals surface area (Å²) >= 11 is 1.70. The molecule has 1 N–H and O–H groups in total. The van der Waals surface area contributed by atoms with Crippen LogP contribution in [0.4, 0.5) is 5.69 Å². The zero-order valence-electron chi connectivity index (χ0n) is 10.9. The first kappa shape index (κ1) is 12.8. The Hall–Kier alpha value is -1.62. The van der Waals surface area contributed by atoms with Gasteiger partial charge in [0.25, 0.3) is 5.56 Å². The van der Waals surface area contributed by atoms with Crippen LogP contribution < -0.4 is 10.9 Å². The lowest BCUT2D eigenvalue weighted by atomic mass is 10.3. The number of hydrogen-bond acceptors (Lipinski definition) is 4. The van der Waals surface area contributed by atoms with E-state index in [1.54, 1.807) is 22.0 Å². The number of nitrogens with zero attached hydrogens (tertiary/aromatic N) is 2. The van der Waals surface area contributed by atoms with Gasteiger partial charge < -0.3 is 9.88 Å². The van der Waals surface area contributed by atoms with Crippen LogP contribution in [-0.4, -0.2) is 9.55 Å². The minimum absolute atomic E-state index is 0.0351. The molecule has 0 saturated carbocycles. The summed E-state index contributed by atoms with van der Waals surface area (Å²) < 4.78 is 1.69. The number of rotatable bonds is 4. The Balaban J connectivity index is 2.11. The Morgan fingerprint density at radius 1 is 1.39 bits per heavy atom. The highest BCUT2D eigenvalue weighted by Gasteiger charge is 2.04. The van der Waals surface area contributed by atoms with Crippen molar-refractivity contribution in [3.63, 3.8) is 0 Å². The van der Waals surface area contributed by atoms with Gasteiger partial charge >= 0.3 is 0 Å². The van der Waals surface area contributed by atoms with Gasteiger partial charge in [0, 0.05) is 23.7 Å². The third kappa shape index (κ3) is 2.79. The van der Waals surface area contributed by atoms with Gasteiger partial charge in [-0.25, -0.2) is 4.98 Å². The number of anilines is 1. The van der Waals surface area contributed by atoms with Crippen LogP contribution in [0.1, 0.15) is 22.5 Å². The van der Waals surface area contributed by atoms with Gasteiger partial charge in [0.15, 0.2) is 0 Å². The van der Waals surface area contributed by atoms with Gasteiger partial charge in [-0.2, -0.15) is 0 Å². The Morgan fingerprint density at radius 2 is 2.17 bits per heavy atom. The molecular formula is C13H17N3OS. The second-order valence-corrected chi connectivity index (χ2v) is 5.42. The van der Waals surface area contributed by atoms with Crippen LogP contribution in [0.5, 0.6) is 0 Å². The van der Waals surface area contributed by atoms with Crippen molar-refractivity contribution in [1.82, 2.24) is 9.55 Å². The van der Waals surface area contributed by atoms with E-state index in [2.05, 4.69) is 10.3 Å². The molecule has 2 heterocycles. The van der Waals surface area contributed by atoms with Crippen molar-refractivity contribution in [3.8, 4) is 0 Å². The molecule has 2 rings (SSSR count). The maximum absolute atomic E-state index is 11.5.